The Bertz CT molecular complexity index is 391. The van der Waals surface area contributed by atoms with Crippen LogP contribution in [0, 0.1) is 15.0 Å². The van der Waals surface area contributed by atoms with Crippen molar-refractivity contribution >= 4 is 17.2 Å². The van der Waals surface area contributed by atoms with Crippen molar-refractivity contribution in [1.29, 1.82) is 0 Å². The fourth-order valence-electron chi connectivity index (χ4n) is 0.798. The van der Waals surface area contributed by atoms with Gasteiger partial charge in [0.2, 0.25) is 5.82 Å². The van der Waals surface area contributed by atoms with Crippen molar-refractivity contribution in [3.63, 3.8) is 0 Å². The zero-order valence-electron chi connectivity index (χ0n) is 7.21. The van der Waals surface area contributed by atoms with Crippen LogP contribution in [0.5, 0.6) is 0 Å². The third-order valence-corrected chi connectivity index (χ3v) is 1.46. The Hall–Kier alpha value is -2.25. The van der Waals surface area contributed by atoms with Crippen molar-refractivity contribution in [2.24, 2.45) is 0 Å². The van der Waals surface area contributed by atoms with Crippen molar-refractivity contribution in [1.82, 2.24) is 4.98 Å². The van der Waals surface area contributed by atoms with Crippen molar-refractivity contribution in [3.8, 4) is 0 Å². The normalized spacial score (nSPS) is 9.50. The molecular formula is C6H7N4O4+. The highest BCUT2D eigenvalue weighted by Gasteiger charge is 2.24. The van der Waals surface area contributed by atoms with Gasteiger partial charge in [0.15, 0.2) is 7.11 Å². The summed E-state index contributed by atoms with van der Waals surface area (Å²) in [5, 5.41) is 10.3. The Labute approximate surface area is 78.0 Å². The molecule has 0 amide bonds. The van der Waals surface area contributed by atoms with Gasteiger partial charge in [-0.3, -0.25) is 10.1 Å². The minimum Gasteiger partial charge on any atom is -0.378 e. The average molecular weight is 199 g/mol. The monoisotopic (exact) mass is 199 g/mol. The largest absolute Gasteiger partial charge is 0.378 e. The van der Waals surface area contributed by atoms with Crippen LogP contribution in [0.15, 0.2) is 12.3 Å². The number of rotatable bonds is 3. The van der Waals surface area contributed by atoms with Crippen LogP contribution < -0.4 is 5.73 Å². The topological polar surface area (TPSA) is 111 Å². The summed E-state index contributed by atoms with van der Waals surface area (Å²) in [6, 6.07) is 0.985. The summed E-state index contributed by atoms with van der Waals surface area (Å²) in [6.07, 6.45) is 0.961. The van der Waals surface area contributed by atoms with Crippen molar-refractivity contribution < 1.29 is 14.7 Å². The van der Waals surface area contributed by atoms with Gasteiger partial charge in [0, 0.05) is 0 Å². The van der Waals surface area contributed by atoms with Crippen LogP contribution in [0.3, 0.4) is 0 Å². The maximum absolute atomic E-state index is 11.0. The Morgan fingerprint density at radius 2 is 2.21 bits per heavy atom. The molecule has 0 aromatic carbocycles. The third-order valence-electron chi connectivity index (χ3n) is 1.46. The second kappa shape index (κ2) is 3.64. The summed E-state index contributed by atoms with van der Waals surface area (Å²) in [4.78, 5) is 28.4. The standard InChI is InChI=1S/C6H7N4O4/c1-14-10(13)5-2-4(9(11)12)3-8-6(5)7/h2-3H,1H3,(H2,7,8)/q+1. The van der Waals surface area contributed by atoms with Gasteiger partial charge in [-0.05, 0) is 0 Å². The molecule has 0 saturated heterocycles. The highest BCUT2D eigenvalue weighted by Crippen LogP contribution is 2.23. The van der Waals surface area contributed by atoms with E-state index in [-0.39, 0.29) is 22.1 Å². The smallest absolute Gasteiger partial charge is 0.365 e. The van der Waals surface area contributed by atoms with Crippen LogP contribution >= 0.6 is 0 Å². The number of anilines is 1. The van der Waals surface area contributed by atoms with E-state index in [0.29, 0.717) is 0 Å². The lowest BCUT2D eigenvalue weighted by Crippen LogP contribution is -2.04. The number of pyridine rings is 1. The summed E-state index contributed by atoms with van der Waals surface area (Å²) in [6.45, 7) is 0. The SMILES string of the molecule is CO[N+](=O)c1cc([N+](=O)[O-])cnc1N. The molecule has 8 heteroatoms. The quantitative estimate of drug-likeness (QED) is 0.561. The maximum atomic E-state index is 11.0. The first kappa shape index (κ1) is 9.84. The van der Waals surface area contributed by atoms with E-state index >= 15 is 0 Å². The van der Waals surface area contributed by atoms with E-state index in [1.807, 2.05) is 0 Å². The van der Waals surface area contributed by atoms with Gasteiger partial charge >= 0.3 is 5.69 Å². The van der Waals surface area contributed by atoms with Crippen LogP contribution in [-0.2, 0) is 4.84 Å². The van der Waals surface area contributed by atoms with E-state index in [1.54, 1.807) is 0 Å². The van der Waals surface area contributed by atoms with Crippen LogP contribution in [0.4, 0.5) is 17.2 Å². The third kappa shape index (κ3) is 1.73. The van der Waals surface area contributed by atoms with Gasteiger partial charge in [-0.2, -0.15) is 0 Å². The molecule has 74 valence electrons. The van der Waals surface area contributed by atoms with Crippen LogP contribution in [0.2, 0.25) is 0 Å². The van der Waals surface area contributed by atoms with Crippen molar-refractivity contribution in [2.75, 3.05) is 12.8 Å². The van der Waals surface area contributed by atoms with E-state index < -0.39 is 4.92 Å². The van der Waals surface area contributed by atoms with Gasteiger partial charge in [0.25, 0.3) is 10.6 Å². The summed E-state index contributed by atoms with van der Waals surface area (Å²) < 4.78 is 0. The second-order valence-corrected chi connectivity index (χ2v) is 2.29. The Morgan fingerprint density at radius 1 is 1.57 bits per heavy atom. The van der Waals surface area contributed by atoms with Crippen molar-refractivity contribution in [3.05, 3.63) is 27.3 Å². The molecule has 1 rings (SSSR count). The molecule has 1 aromatic rings. The molecule has 0 saturated carbocycles. The number of nitrogens with zero attached hydrogens (tertiary/aromatic N) is 3. The number of aromatic nitrogens is 1. The van der Waals surface area contributed by atoms with E-state index in [0.717, 1.165) is 19.4 Å². The number of hydrogen-bond acceptors (Lipinski definition) is 6. The minimum absolute atomic E-state index is 0.0509. The summed E-state index contributed by atoms with van der Waals surface area (Å²) in [5.74, 6) is -0.132. The molecule has 14 heavy (non-hydrogen) atoms. The van der Waals surface area contributed by atoms with E-state index in [1.165, 1.54) is 0 Å². The molecule has 0 aliphatic carbocycles. The lowest BCUT2D eigenvalue weighted by atomic mass is 10.3. The summed E-state index contributed by atoms with van der Waals surface area (Å²) in [5.41, 5.74) is 4.79. The zero-order valence-corrected chi connectivity index (χ0v) is 7.21. The molecule has 1 heterocycles. The predicted octanol–water partition coefficient (Wildman–Crippen LogP) is 0.544. The van der Waals surface area contributed by atoms with Gasteiger partial charge in [-0.25, -0.2) is 9.82 Å². The average Bonchev–Trinajstić information content (AvgIpc) is 2.17. The number of nitro groups is 1. The van der Waals surface area contributed by atoms with Gasteiger partial charge < -0.3 is 5.73 Å². The molecule has 0 bridgehead atoms. The molecule has 1 aromatic heterocycles. The molecule has 0 spiro atoms. The molecule has 0 atom stereocenters. The highest BCUT2D eigenvalue weighted by molar-refractivity contribution is 5.55. The molecule has 0 aliphatic heterocycles. The molecule has 0 unspecified atom stereocenters. The Kier molecular flexibility index (Phi) is 2.56. The first-order valence-electron chi connectivity index (χ1n) is 3.47. The molecule has 8 nitrogen and oxygen atoms in total. The van der Waals surface area contributed by atoms with Gasteiger partial charge in [-0.15, -0.1) is 0 Å². The van der Waals surface area contributed by atoms with Gasteiger partial charge in [0.05, 0.1) is 9.83 Å². The minimum atomic E-state index is -0.681. The van der Waals surface area contributed by atoms with Gasteiger partial charge in [0.1, 0.15) is 12.3 Å². The molecule has 2 N–H and O–H groups in total. The Morgan fingerprint density at radius 3 is 2.71 bits per heavy atom. The maximum Gasteiger partial charge on any atom is 0.365 e. The van der Waals surface area contributed by atoms with Crippen molar-refractivity contribution in [2.45, 2.75) is 0 Å². The fraction of sp³-hybridized carbons (Fsp3) is 0.167. The Balaban J connectivity index is 3.21. The number of nitrogen functional groups attached to an aromatic ring is 1. The molecular weight excluding hydrogens is 192 g/mol. The van der Waals surface area contributed by atoms with E-state index in [9.17, 15) is 15.0 Å². The summed E-state index contributed by atoms with van der Waals surface area (Å²) in [7, 11) is 1.12. The summed E-state index contributed by atoms with van der Waals surface area (Å²) >= 11 is 0. The lowest BCUT2D eigenvalue weighted by molar-refractivity contribution is -0.736. The molecule has 0 fully saturated rings. The van der Waals surface area contributed by atoms with Crippen LogP contribution in [0.1, 0.15) is 0 Å². The predicted molar refractivity (Wildman–Crippen MR) is 45.6 cm³/mol. The molecule has 0 radical (unpaired) electrons. The zero-order chi connectivity index (χ0) is 10.7. The van der Waals surface area contributed by atoms with E-state index in [2.05, 4.69) is 9.82 Å². The van der Waals surface area contributed by atoms with Gasteiger partial charge in [-0.1, -0.05) is 0 Å². The van der Waals surface area contributed by atoms with Crippen LogP contribution in [-0.4, -0.2) is 21.9 Å². The highest BCUT2D eigenvalue weighted by atomic mass is 16.8. The number of hydrogen-bond donors (Lipinski definition) is 1. The first-order valence-corrected chi connectivity index (χ1v) is 3.47. The first-order chi connectivity index (χ1) is 6.56. The van der Waals surface area contributed by atoms with Crippen LogP contribution in [0.25, 0.3) is 0 Å². The van der Waals surface area contributed by atoms with E-state index in [4.69, 9.17) is 5.73 Å². The second-order valence-electron chi connectivity index (χ2n) is 2.29. The number of nitrogens with two attached hydrogens (primary N) is 1. The fourth-order valence-corrected chi connectivity index (χ4v) is 0.798. The lowest BCUT2D eigenvalue weighted by Gasteiger charge is -1.93. The molecule has 0 aliphatic rings.